The number of aromatic nitrogens is 1. The van der Waals surface area contributed by atoms with Crippen molar-refractivity contribution in [1.82, 2.24) is 4.98 Å². The van der Waals surface area contributed by atoms with Gasteiger partial charge in [-0.15, -0.1) is 11.4 Å². The Morgan fingerprint density at radius 3 is 1.22 bits per heavy atom. The van der Waals surface area contributed by atoms with Gasteiger partial charge in [-0.1, -0.05) is 212 Å². The standard InChI is InChI=1S/C66H49N2.C6H11NO2.Cu/c1-44-38-45(2)63(46(3)39-44)66(61-36-34-59(67-61)64-55(49-26-14-6-15-27-49)40-53(47-22-10-4-11-23-47)41-56(64)50-28-16-7-17-29-50)62-37-35-60(68-62)65-57(51-30-18-8-19-31-51)42-54(48-24-12-5-13-25-48)43-58(65)52-32-20-9-21-33-52;1-6(2)4-3-5(8)7(6)9;/h4-43H,1-3H3;8H,3-4H2,1-2H3;/q-1;;+2/p-1/b66-61+;;. The van der Waals surface area contributed by atoms with Crippen LogP contribution in [0.25, 0.3) is 83.6 Å². The molecule has 2 aliphatic rings. The second kappa shape index (κ2) is 22.8. The van der Waals surface area contributed by atoms with Crippen molar-refractivity contribution in [3.8, 4) is 78.0 Å². The molecule has 78 heavy (non-hydrogen) atoms. The van der Waals surface area contributed by atoms with E-state index in [1.54, 1.807) is 13.8 Å². The molecule has 10 aromatic rings. The summed E-state index contributed by atoms with van der Waals surface area (Å²) in [6.45, 7) is 10.2. The van der Waals surface area contributed by atoms with E-state index in [4.69, 9.17) is 9.98 Å². The zero-order valence-electron chi connectivity index (χ0n) is 44.5. The Morgan fingerprint density at radius 2 is 0.859 bits per heavy atom. The molecule has 9 aromatic carbocycles. The molecular formula is C72H59CuN3O2. The van der Waals surface area contributed by atoms with Gasteiger partial charge in [0.25, 0.3) is 0 Å². The first-order valence-corrected chi connectivity index (χ1v) is 26.4. The smallest absolute Gasteiger partial charge is 0.826 e. The van der Waals surface area contributed by atoms with Crippen LogP contribution in [0.2, 0.25) is 0 Å². The molecule has 0 aliphatic carbocycles. The molecule has 0 amide bonds. The topological polar surface area (TPSA) is 75.6 Å². The number of hydroxylamine groups is 1. The van der Waals surface area contributed by atoms with Crippen molar-refractivity contribution in [3.63, 3.8) is 0 Å². The number of benzene rings is 9. The molecular weight excluding hydrogens is 1000 g/mol. The summed E-state index contributed by atoms with van der Waals surface area (Å²) >= 11 is 0. The van der Waals surface area contributed by atoms with Crippen molar-refractivity contribution in [1.29, 1.82) is 0 Å². The van der Waals surface area contributed by atoms with Crippen LogP contribution in [0.3, 0.4) is 0 Å². The van der Waals surface area contributed by atoms with Gasteiger partial charge in [-0.05, 0) is 152 Å². The molecule has 385 valence electrons. The fourth-order valence-corrected chi connectivity index (χ4v) is 11.0. The quantitative estimate of drug-likeness (QED) is 0.0778. The summed E-state index contributed by atoms with van der Waals surface area (Å²) in [6.07, 6.45) is 5.51. The minimum atomic E-state index is -0.447. The van der Waals surface area contributed by atoms with Crippen LogP contribution in [-0.4, -0.2) is 21.9 Å². The number of aryl methyl sites for hydroxylation is 3. The number of aliphatic imine (C=N–C) groups is 1. The van der Waals surface area contributed by atoms with Crippen LogP contribution in [0, 0.1) is 26.0 Å². The van der Waals surface area contributed by atoms with E-state index in [9.17, 15) is 10.3 Å². The van der Waals surface area contributed by atoms with Gasteiger partial charge in [-0.2, -0.15) is 0 Å². The van der Waals surface area contributed by atoms with Crippen molar-refractivity contribution in [3.05, 3.63) is 287 Å². The zero-order valence-corrected chi connectivity index (χ0v) is 45.4. The summed E-state index contributed by atoms with van der Waals surface area (Å²) < 4.78 is 0.576. The molecule has 1 radical (unpaired) electrons. The third-order valence-electron chi connectivity index (χ3n) is 14.8. The summed E-state index contributed by atoms with van der Waals surface area (Å²) in [5, 5.41) is 21.4. The number of hydrogen-bond donors (Lipinski definition) is 0. The van der Waals surface area contributed by atoms with Gasteiger partial charge in [0.15, 0.2) is 5.54 Å². The van der Waals surface area contributed by atoms with Gasteiger partial charge in [0.1, 0.15) is 5.90 Å². The molecule has 3 heterocycles. The molecule has 0 N–H and O–H groups in total. The molecule has 0 spiro atoms. The molecule has 1 aromatic heterocycles. The van der Waals surface area contributed by atoms with E-state index in [0.29, 0.717) is 17.6 Å². The van der Waals surface area contributed by atoms with Crippen molar-refractivity contribution in [2.24, 2.45) is 4.99 Å². The van der Waals surface area contributed by atoms with E-state index in [1.807, 2.05) is 0 Å². The Labute approximate surface area is 469 Å². The van der Waals surface area contributed by atoms with Gasteiger partial charge < -0.3 is 15.3 Å². The van der Waals surface area contributed by atoms with Gasteiger partial charge >= 0.3 is 17.1 Å². The monoisotopic (exact) mass is 1060 g/mol. The Kier molecular flexibility index (Phi) is 15.4. The first kappa shape index (κ1) is 52.6. The van der Waals surface area contributed by atoms with Crippen LogP contribution >= 0.6 is 0 Å². The molecule has 0 saturated heterocycles. The number of hydrogen-bond acceptors (Lipinski definition) is 3. The Bertz CT molecular complexity index is 3750. The third kappa shape index (κ3) is 10.8. The first-order chi connectivity index (χ1) is 37.5. The fraction of sp³-hybridized carbons (Fsp3) is 0.111. The van der Waals surface area contributed by atoms with Gasteiger partial charge in [-0.25, -0.2) is 9.73 Å². The second-order valence-corrected chi connectivity index (χ2v) is 20.7. The van der Waals surface area contributed by atoms with Crippen LogP contribution in [0.5, 0.6) is 0 Å². The molecule has 0 bridgehead atoms. The van der Waals surface area contributed by atoms with Crippen molar-refractivity contribution < 1.29 is 26.9 Å². The molecule has 0 unspecified atom stereocenters. The minimum Gasteiger partial charge on any atom is -0.826 e. The Hall–Kier alpha value is -8.80. The molecule has 5 nitrogen and oxygen atoms in total. The maximum absolute atomic E-state index is 10.8. The van der Waals surface area contributed by atoms with Crippen molar-refractivity contribution in [2.75, 3.05) is 0 Å². The normalized spacial score (nSPS) is 14.1. The van der Waals surface area contributed by atoms with Gasteiger partial charge in [0.05, 0.1) is 11.4 Å². The van der Waals surface area contributed by atoms with Gasteiger partial charge in [-0.3, -0.25) is 0 Å². The average Bonchev–Trinajstić information content (AvgIpc) is 4.31. The van der Waals surface area contributed by atoms with Crippen LogP contribution in [-0.2, 0) is 17.1 Å². The molecule has 2 aliphatic heterocycles. The maximum Gasteiger partial charge on any atom is 2.00 e. The fourth-order valence-electron chi connectivity index (χ4n) is 11.0. The molecule has 6 heteroatoms. The van der Waals surface area contributed by atoms with Crippen LogP contribution in [0.4, 0.5) is 0 Å². The first-order valence-electron chi connectivity index (χ1n) is 26.4. The predicted molar refractivity (Wildman–Crippen MR) is 319 cm³/mol. The summed E-state index contributed by atoms with van der Waals surface area (Å²) in [5.74, 6) is -0.278. The molecule has 12 rings (SSSR count). The van der Waals surface area contributed by atoms with Crippen molar-refractivity contribution in [2.45, 2.75) is 53.0 Å². The van der Waals surface area contributed by atoms with Gasteiger partial charge in [0, 0.05) is 32.3 Å². The van der Waals surface area contributed by atoms with E-state index in [1.165, 1.54) is 27.8 Å². The summed E-state index contributed by atoms with van der Waals surface area (Å²) in [4.78, 5) is 11.4. The zero-order chi connectivity index (χ0) is 53.0. The maximum atomic E-state index is 10.8. The SMILES string of the molecule is CC1(C)CCC([O-])=[N+]1[O-].Cc1cc(C)c(/C(=C2\C=CC(c3c(-c4ccccc4)cc(-c4ccccc4)cc3-c3ccccc3)=N2)c2ccc(-c3c(-c4ccccc4)cc(-c4ccccc4)cc3-c3ccccc3)[n-]2)c(C)c1.[Cu+2]. The average molecular weight is 1060 g/mol. The van der Waals surface area contributed by atoms with Crippen LogP contribution in [0.1, 0.15) is 60.2 Å². The van der Waals surface area contributed by atoms with E-state index in [-0.39, 0.29) is 23.0 Å². The van der Waals surface area contributed by atoms with Crippen LogP contribution < -0.4 is 10.1 Å². The predicted octanol–water partition coefficient (Wildman–Crippen LogP) is 16.9. The third-order valence-corrected chi connectivity index (χ3v) is 14.8. The number of nitrogens with zero attached hydrogens (tertiary/aromatic N) is 3. The second-order valence-electron chi connectivity index (χ2n) is 20.7. The Balaban J connectivity index is 0.000000627. The van der Waals surface area contributed by atoms with Crippen LogP contribution in [0.15, 0.2) is 253 Å². The largest absolute Gasteiger partial charge is 2.00 e. The summed E-state index contributed by atoms with van der Waals surface area (Å²) in [6, 6.07) is 82.6. The van der Waals surface area contributed by atoms with E-state index < -0.39 is 5.54 Å². The molecule has 0 saturated carbocycles. The van der Waals surface area contributed by atoms with Crippen molar-refractivity contribution >= 4 is 17.2 Å². The van der Waals surface area contributed by atoms with E-state index in [0.717, 1.165) is 101 Å². The Morgan fingerprint density at radius 1 is 0.474 bits per heavy atom. The number of rotatable bonds is 10. The van der Waals surface area contributed by atoms with Gasteiger partial charge in [0.2, 0.25) is 0 Å². The molecule has 0 atom stereocenters. The van der Waals surface area contributed by atoms with E-state index in [2.05, 4.69) is 263 Å². The van der Waals surface area contributed by atoms with E-state index >= 15 is 0 Å². The number of allylic oxidation sites excluding steroid dienone is 2. The minimum absolute atomic E-state index is 0. The molecule has 0 fully saturated rings. The summed E-state index contributed by atoms with van der Waals surface area (Å²) in [5.41, 5.74) is 24.9. The summed E-state index contributed by atoms with van der Waals surface area (Å²) in [7, 11) is 0.